The minimum Gasteiger partial charge on any atom is -0.444 e. The van der Waals surface area contributed by atoms with Gasteiger partial charge in [-0.25, -0.2) is 4.79 Å². The number of β-amino-alcohol motifs (C(OH)–C–C–N with tert-alkyl or cyclic N) is 1. The van der Waals surface area contributed by atoms with Gasteiger partial charge in [-0.15, -0.1) is 0 Å². The third kappa shape index (κ3) is 3.25. The van der Waals surface area contributed by atoms with E-state index in [0.29, 0.717) is 23.6 Å². The molecule has 110 valence electrons. The van der Waals surface area contributed by atoms with Crippen molar-refractivity contribution in [2.24, 2.45) is 0 Å². The van der Waals surface area contributed by atoms with Gasteiger partial charge < -0.3 is 14.7 Å². The van der Waals surface area contributed by atoms with Crippen molar-refractivity contribution >= 4 is 17.7 Å². The number of hydrogen-bond acceptors (Lipinski definition) is 3. The first-order chi connectivity index (χ1) is 9.21. The summed E-state index contributed by atoms with van der Waals surface area (Å²) in [5.74, 6) is 0. The largest absolute Gasteiger partial charge is 0.444 e. The van der Waals surface area contributed by atoms with E-state index >= 15 is 0 Å². The Morgan fingerprint density at radius 3 is 2.65 bits per heavy atom. The Morgan fingerprint density at radius 1 is 1.40 bits per heavy atom. The lowest BCUT2D eigenvalue weighted by atomic mass is 9.93. The van der Waals surface area contributed by atoms with E-state index in [1.165, 1.54) is 4.90 Å². The van der Waals surface area contributed by atoms with Crippen molar-refractivity contribution in [3.05, 3.63) is 34.9 Å². The van der Waals surface area contributed by atoms with Gasteiger partial charge in [0.15, 0.2) is 0 Å². The second kappa shape index (κ2) is 5.26. The van der Waals surface area contributed by atoms with Crippen LogP contribution in [-0.2, 0) is 10.3 Å². The van der Waals surface area contributed by atoms with Crippen LogP contribution in [0.4, 0.5) is 4.79 Å². The normalized spacial score (nSPS) is 22.9. The summed E-state index contributed by atoms with van der Waals surface area (Å²) in [6, 6.07) is 7.18. The minimum atomic E-state index is -1.10. The molecule has 1 aromatic rings. The molecule has 4 nitrogen and oxygen atoms in total. The molecule has 1 aliphatic rings. The molecule has 5 heteroatoms. The number of carbonyl (C=O) groups is 1. The standard InChI is InChI=1S/C15H20ClNO3/c1-14(2,3)20-13(18)17-9-8-15(19,10-17)11-6-4-5-7-12(11)16/h4-7,19H,8-10H2,1-3H3. The summed E-state index contributed by atoms with van der Waals surface area (Å²) in [6.07, 6.45) is 0.0520. The van der Waals surface area contributed by atoms with Gasteiger partial charge in [0.05, 0.1) is 6.54 Å². The number of aliphatic hydroxyl groups is 1. The molecule has 1 amide bonds. The molecule has 1 fully saturated rings. The maximum atomic E-state index is 12.0. The summed E-state index contributed by atoms with van der Waals surface area (Å²) in [6.45, 7) is 6.12. The molecule has 0 bridgehead atoms. The van der Waals surface area contributed by atoms with E-state index in [4.69, 9.17) is 16.3 Å². The van der Waals surface area contributed by atoms with Crippen molar-refractivity contribution in [3.8, 4) is 0 Å². The summed E-state index contributed by atoms with van der Waals surface area (Å²) < 4.78 is 5.32. The van der Waals surface area contributed by atoms with E-state index in [9.17, 15) is 9.90 Å². The summed E-state index contributed by atoms with van der Waals surface area (Å²) >= 11 is 6.13. The number of halogens is 1. The Morgan fingerprint density at radius 2 is 2.05 bits per heavy atom. The third-order valence-corrected chi connectivity index (χ3v) is 3.60. The monoisotopic (exact) mass is 297 g/mol. The molecule has 1 aliphatic heterocycles. The molecule has 1 unspecified atom stereocenters. The molecule has 2 rings (SSSR count). The molecule has 1 atom stereocenters. The average molecular weight is 298 g/mol. The molecule has 0 aromatic heterocycles. The minimum absolute atomic E-state index is 0.200. The second-order valence-electron chi connectivity index (χ2n) is 6.16. The molecular weight excluding hydrogens is 278 g/mol. The number of amides is 1. The molecule has 0 spiro atoms. The molecule has 1 heterocycles. The first-order valence-electron chi connectivity index (χ1n) is 6.67. The van der Waals surface area contributed by atoms with Crippen LogP contribution in [0.25, 0.3) is 0 Å². The zero-order valence-corrected chi connectivity index (χ0v) is 12.8. The fraction of sp³-hybridized carbons (Fsp3) is 0.533. The van der Waals surface area contributed by atoms with Gasteiger partial charge in [-0.2, -0.15) is 0 Å². The van der Waals surface area contributed by atoms with E-state index in [0.717, 1.165) is 0 Å². The second-order valence-corrected chi connectivity index (χ2v) is 6.57. The highest BCUT2D eigenvalue weighted by atomic mass is 35.5. The van der Waals surface area contributed by atoms with Crippen LogP contribution >= 0.6 is 11.6 Å². The number of hydrogen-bond donors (Lipinski definition) is 1. The average Bonchev–Trinajstić information content (AvgIpc) is 2.71. The van der Waals surface area contributed by atoms with E-state index in [-0.39, 0.29) is 6.54 Å². The van der Waals surface area contributed by atoms with Crippen molar-refractivity contribution in [3.63, 3.8) is 0 Å². The molecule has 0 radical (unpaired) electrons. The Bertz CT molecular complexity index is 512. The van der Waals surface area contributed by atoms with Gasteiger partial charge in [-0.05, 0) is 33.3 Å². The molecule has 1 N–H and O–H groups in total. The first-order valence-corrected chi connectivity index (χ1v) is 7.04. The van der Waals surface area contributed by atoms with Crippen LogP contribution in [-0.4, -0.2) is 34.8 Å². The Hall–Kier alpha value is -1.26. The van der Waals surface area contributed by atoms with Gasteiger partial charge in [0.1, 0.15) is 11.2 Å². The van der Waals surface area contributed by atoms with Crippen LogP contribution in [0.15, 0.2) is 24.3 Å². The highest BCUT2D eigenvalue weighted by Crippen LogP contribution is 2.36. The summed E-state index contributed by atoms with van der Waals surface area (Å²) in [7, 11) is 0. The van der Waals surface area contributed by atoms with E-state index in [1.54, 1.807) is 12.1 Å². The number of carbonyl (C=O) groups excluding carboxylic acids is 1. The molecule has 1 saturated heterocycles. The molecule has 1 aromatic carbocycles. The first kappa shape index (κ1) is 15.1. The molecule has 0 saturated carbocycles. The Labute approximate surface area is 124 Å². The van der Waals surface area contributed by atoms with Crippen LogP contribution < -0.4 is 0 Å². The van der Waals surface area contributed by atoms with Crippen LogP contribution in [0.1, 0.15) is 32.8 Å². The van der Waals surface area contributed by atoms with Crippen LogP contribution in [0.5, 0.6) is 0 Å². The smallest absolute Gasteiger partial charge is 0.410 e. The van der Waals surface area contributed by atoms with Gasteiger partial charge in [0, 0.05) is 17.1 Å². The van der Waals surface area contributed by atoms with E-state index in [1.807, 2.05) is 32.9 Å². The Kier molecular flexibility index (Phi) is 3.98. The molecule has 0 aliphatic carbocycles. The number of ether oxygens (including phenoxy) is 1. The number of rotatable bonds is 1. The van der Waals surface area contributed by atoms with Crippen molar-refractivity contribution in [2.45, 2.75) is 38.4 Å². The highest BCUT2D eigenvalue weighted by molar-refractivity contribution is 6.31. The quantitative estimate of drug-likeness (QED) is 0.866. The maximum Gasteiger partial charge on any atom is 0.410 e. The fourth-order valence-electron chi connectivity index (χ4n) is 2.33. The molecule has 20 heavy (non-hydrogen) atoms. The van der Waals surface area contributed by atoms with Crippen molar-refractivity contribution in [1.82, 2.24) is 4.90 Å². The van der Waals surface area contributed by atoms with Gasteiger partial charge in [0.25, 0.3) is 0 Å². The predicted molar refractivity (Wildman–Crippen MR) is 77.8 cm³/mol. The summed E-state index contributed by atoms with van der Waals surface area (Å²) in [5.41, 5.74) is -0.982. The van der Waals surface area contributed by atoms with Crippen LogP contribution in [0.3, 0.4) is 0 Å². The predicted octanol–water partition coefficient (Wildman–Crippen LogP) is 3.17. The lowest BCUT2D eigenvalue weighted by Crippen LogP contribution is -2.38. The number of benzene rings is 1. The van der Waals surface area contributed by atoms with Crippen LogP contribution in [0, 0.1) is 0 Å². The number of nitrogens with zero attached hydrogens (tertiary/aromatic N) is 1. The lowest BCUT2D eigenvalue weighted by Gasteiger charge is -2.27. The fourth-order valence-corrected chi connectivity index (χ4v) is 2.65. The maximum absolute atomic E-state index is 12.0. The Balaban J connectivity index is 2.12. The lowest BCUT2D eigenvalue weighted by molar-refractivity contribution is 0.0140. The van der Waals surface area contributed by atoms with E-state index in [2.05, 4.69) is 0 Å². The zero-order valence-electron chi connectivity index (χ0n) is 12.0. The highest BCUT2D eigenvalue weighted by Gasteiger charge is 2.41. The molecular formula is C15H20ClNO3. The SMILES string of the molecule is CC(C)(C)OC(=O)N1CCC(O)(c2ccccc2Cl)C1. The van der Waals surface area contributed by atoms with Crippen LogP contribution in [0.2, 0.25) is 5.02 Å². The van der Waals surface area contributed by atoms with Gasteiger partial charge >= 0.3 is 6.09 Å². The van der Waals surface area contributed by atoms with Crippen molar-refractivity contribution in [2.75, 3.05) is 13.1 Å². The van der Waals surface area contributed by atoms with Crippen molar-refractivity contribution in [1.29, 1.82) is 0 Å². The zero-order chi connectivity index (χ0) is 15.0. The van der Waals surface area contributed by atoms with E-state index < -0.39 is 17.3 Å². The van der Waals surface area contributed by atoms with Gasteiger partial charge in [-0.3, -0.25) is 0 Å². The summed E-state index contributed by atoms with van der Waals surface area (Å²) in [5, 5.41) is 11.2. The van der Waals surface area contributed by atoms with Gasteiger partial charge in [-0.1, -0.05) is 29.8 Å². The van der Waals surface area contributed by atoms with Crippen molar-refractivity contribution < 1.29 is 14.6 Å². The third-order valence-electron chi connectivity index (χ3n) is 3.27. The topological polar surface area (TPSA) is 49.8 Å². The van der Waals surface area contributed by atoms with Gasteiger partial charge in [0.2, 0.25) is 0 Å². The number of likely N-dealkylation sites (tertiary alicyclic amines) is 1. The summed E-state index contributed by atoms with van der Waals surface area (Å²) in [4.78, 5) is 13.5.